The van der Waals surface area contributed by atoms with Gasteiger partial charge in [-0.1, -0.05) is 50.1 Å². The summed E-state index contributed by atoms with van der Waals surface area (Å²) in [5.41, 5.74) is 4.82. The fourth-order valence-corrected chi connectivity index (χ4v) is 6.82. The molecule has 2 heterocycles. The van der Waals surface area contributed by atoms with E-state index in [1.165, 1.54) is 41.4 Å². The number of amides is 2. The van der Waals surface area contributed by atoms with Crippen LogP contribution in [-0.4, -0.2) is 54.1 Å². The first-order valence-electron chi connectivity index (χ1n) is 13.9. The third kappa shape index (κ3) is 4.61. The average Bonchev–Trinajstić information content (AvgIpc) is 3.32. The van der Waals surface area contributed by atoms with Gasteiger partial charge in [0.15, 0.2) is 0 Å². The molecule has 1 spiro atoms. The SMILES string of the molecule is CCCCC1(N(C)C)CCC2(CC1)c1[nH]c3ccccc3c1CCN2C(=O)NCc1ccc(OC)cc1. The van der Waals surface area contributed by atoms with Crippen molar-refractivity contribution >= 4 is 16.9 Å². The van der Waals surface area contributed by atoms with Crippen molar-refractivity contribution in [1.29, 1.82) is 0 Å². The minimum atomic E-state index is -0.303. The normalized spacial score (nSPS) is 23.4. The molecular weight excluding hydrogens is 460 g/mol. The molecule has 0 bridgehead atoms. The molecule has 2 aliphatic rings. The Labute approximate surface area is 221 Å². The van der Waals surface area contributed by atoms with Crippen molar-refractivity contribution in [1.82, 2.24) is 20.1 Å². The first kappa shape index (κ1) is 25.7. The van der Waals surface area contributed by atoms with Crippen LogP contribution in [0.4, 0.5) is 4.79 Å². The molecule has 0 radical (unpaired) electrons. The fraction of sp³-hybridized carbons (Fsp3) is 0.516. The summed E-state index contributed by atoms with van der Waals surface area (Å²) in [5.74, 6) is 0.825. The smallest absolute Gasteiger partial charge is 0.318 e. The second kappa shape index (κ2) is 10.4. The molecule has 1 aliphatic carbocycles. The summed E-state index contributed by atoms with van der Waals surface area (Å²) in [6.45, 7) is 3.53. The number of nitrogens with one attached hydrogen (secondary N) is 2. The molecule has 0 saturated heterocycles. The number of benzene rings is 2. The zero-order valence-corrected chi connectivity index (χ0v) is 22.9. The van der Waals surface area contributed by atoms with Crippen LogP contribution < -0.4 is 10.1 Å². The molecule has 0 atom stereocenters. The fourth-order valence-electron chi connectivity index (χ4n) is 6.82. The molecule has 0 unspecified atom stereocenters. The third-order valence-corrected chi connectivity index (χ3v) is 9.18. The second-order valence-corrected chi connectivity index (χ2v) is 11.2. The number of aromatic nitrogens is 1. The predicted octanol–water partition coefficient (Wildman–Crippen LogP) is 6.20. The van der Waals surface area contributed by atoms with Crippen LogP contribution in [-0.2, 0) is 18.5 Å². The molecule has 2 aromatic carbocycles. The number of hydrogen-bond donors (Lipinski definition) is 2. The van der Waals surface area contributed by atoms with Crippen LogP contribution in [0.3, 0.4) is 0 Å². The quantitative estimate of drug-likeness (QED) is 0.404. The Morgan fingerprint density at radius 2 is 1.81 bits per heavy atom. The lowest BCUT2D eigenvalue weighted by Gasteiger charge is -2.55. The van der Waals surface area contributed by atoms with Gasteiger partial charge in [0.05, 0.1) is 12.6 Å². The van der Waals surface area contributed by atoms with Gasteiger partial charge in [0.2, 0.25) is 0 Å². The number of carbonyl (C=O) groups excluding carboxylic acids is 1. The number of fused-ring (bicyclic) bond motifs is 4. The average molecular weight is 503 g/mol. The Morgan fingerprint density at radius 1 is 1.08 bits per heavy atom. The van der Waals surface area contributed by atoms with E-state index in [2.05, 4.69) is 65.4 Å². The maximum atomic E-state index is 13.8. The van der Waals surface area contributed by atoms with Crippen LogP contribution in [0, 0.1) is 0 Å². The highest BCUT2D eigenvalue weighted by Gasteiger charge is 2.52. The highest BCUT2D eigenvalue weighted by atomic mass is 16.5. The van der Waals surface area contributed by atoms with E-state index < -0.39 is 0 Å². The van der Waals surface area contributed by atoms with Gasteiger partial charge in [0, 0.05) is 35.2 Å². The summed E-state index contributed by atoms with van der Waals surface area (Å²) >= 11 is 0. The Balaban J connectivity index is 1.45. The van der Waals surface area contributed by atoms with Gasteiger partial charge in [0.1, 0.15) is 5.75 Å². The minimum absolute atomic E-state index is 0.0334. The Kier molecular flexibility index (Phi) is 7.21. The van der Waals surface area contributed by atoms with Gasteiger partial charge in [-0.05, 0) is 81.9 Å². The van der Waals surface area contributed by atoms with Gasteiger partial charge >= 0.3 is 6.03 Å². The minimum Gasteiger partial charge on any atom is -0.497 e. The highest BCUT2D eigenvalue weighted by Crippen LogP contribution is 2.51. The summed E-state index contributed by atoms with van der Waals surface area (Å²) in [5, 5.41) is 4.55. The number of H-pyrrole nitrogens is 1. The maximum absolute atomic E-state index is 13.8. The molecule has 1 fully saturated rings. The van der Waals surface area contributed by atoms with Crippen molar-refractivity contribution in [3.05, 3.63) is 65.4 Å². The highest BCUT2D eigenvalue weighted by molar-refractivity contribution is 5.86. The van der Waals surface area contributed by atoms with Gasteiger partial charge in [-0.25, -0.2) is 4.79 Å². The Morgan fingerprint density at radius 3 is 2.49 bits per heavy atom. The van der Waals surface area contributed by atoms with Crippen molar-refractivity contribution in [2.24, 2.45) is 0 Å². The third-order valence-electron chi connectivity index (χ3n) is 9.18. The van der Waals surface area contributed by atoms with E-state index in [0.717, 1.165) is 50.0 Å². The van der Waals surface area contributed by atoms with Gasteiger partial charge < -0.3 is 24.8 Å². The van der Waals surface area contributed by atoms with E-state index in [0.29, 0.717) is 6.54 Å². The molecule has 1 aromatic heterocycles. The molecular formula is C31H42N4O2. The van der Waals surface area contributed by atoms with Gasteiger partial charge in [-0.15, -0.1) is 0 Å². The van der Waals surface area contributed by atoms with Gasteiger partial charge in [-0.3, -0.25) is 0 Å². The molecule has 3 aromatic rings. The number of methoxy groups -OCH3 is 1. The van der Waals surface area contributed by atoms with Crippen LogP contribution in [0.5, 0.6) is 5.75 Å². The van der Waals surface area contributed by atoms with Crippen LogP contribution in [0.2, 0.25) is 0 Å². The standard InChI is InChI=1S/C31H42N4O2/c1-5-6-16-30(34(2)3)17-19-31(20-18-30)28-26(25-9-7-8-10-27(25)33-28)15-21-35(31)29(36)32-22-23-11-13-24(37-4)14-12-23/h7-14,33H,5-6,15-22H2,1-4H3,(H,32,36). The molecule has 37 heavy (non-hydrogen) atoms. The number of nitrogens with zero attached hydrogens (tertiary/aromatic N) is 2. The Hall–Kier alpha value is -2.99. The topological polar surface area (TPSA) is 60.6 Å². The number of hydrogen-bond acceptors (Lipinski definition) is 3. The van der Waals surface area contributed by atoms with Crippen molar-refractivity contribution in [3.8, 4) is 5.75 Å². The van der Waals surface area contributed by atoms with E-state index in [1.807, 2.05) is 24.3 Å². The summed E-state index contributed by atoms with van der Waals surface area (Å²) < 4.78 is 5.28. The number of ether oxygens (including phenoxy) is 1. The summed E-state index contributed by atoms with van der Waals surface area (Å²) in [6, 6.07) is 16.6. The summed E-state index contributed by atoms with van der Waals surface area (Å²) in [7, 11) is 6.15. The largest absolute Gasteiger partial charge is 0.497 e. The van der Waals surface area contributed by atoms with Crippen LogP contribution in [0.15, 0.2) is 48.5 Å². The number of unbranched alkanes of at least 4 members (excludes halogenated alkanes) is 1. The van der Waals surface area contributed by atoms with Crippen molar-refractivity contribution < 1.29 is 9.53 Å². The summed E-state index contributed by atoms with van der Waals surface area (Å²) in [4.78, 5) is 22.2. The van der Waals surface area contributed by atoms with E-state index in [4.69, 9.17) is 4.74 Å². The van der Waals surface area contributed by atoms with Gasteiger partial charge in [0.25, 0.3) is 0 Å². The Bertz CT molecular complexity index is 1220. The van der Waals surface area contributed by atoms with E-state index in [1.54, 1.807) is 7.11 Å². The number of carbonyl (C=O) groups is 1. The first-order valence-corrected chi connectivity index (χ1v) is 13.9. The monoisotopic (exact) mass is 502 g/mol. The number of urea groups is 1. The summed E-state index contributed by atoms with van der Waals surface area (Å²) in [6.07, 6.45) is 8.70. The molecule has 6 heteroatoms. The molecule has 1 aliphatic heterocycles. The van der Waals surface area contributed by atoms with Crippen LogP contribution >= 0.6 is 0 Å². The van der Waals surface area contributed by atoms with Crippen molar-refractivity contribution in [2.45, 2.75) is 75.9 Å². The number of aromatic amines is 1. The van der Waals surface area contributed by atoms with Gasteiger partial charge in [-0.2, -0.15) is 0 Å². The predicted molar refractivity (Wildman–Crippen MR) is 150 cm³/mol. The number of rotatable bonds is 7. The molecule has 2 amide bonds. The van der Waals surface area contributed by atoms with Crippen LogP contribution in [0.25, 0.3) is 10.9 Å². The molecule has 1 saturated carbocycles. The molecule has 5 rings (SSSR count). The zero-order chi connectivity index (χ0) is 26.0. The van der Waals surface area contributed by atoms with E-state index in [-0.39, 0.29) is 17.1 Å². The maximum Gasteiger partial charge on any atom is 0.318 e. The first-order chi connectivity index (χ1) is 17.9. The lowest BCUT2D eigenvalue weighted by Crippen LogP contribution is -2.61. The van der Waals surface area contributed by atoms with E-state index >= 15 is 0 Å². The van der Waals surface area contributed by atoms with E-state index in [9.17, 15) is 4.79 Å². The number of para-hydroxylation sites is 1. The van der Waals surface area contributed by atoms with Crippen LogP contribution in [0.1, 0.15) is 68.7 Å². The molecule has 198 valence electrons. The van der Waals surface area contributed by atoms with Crippen molar-refractivity contribution in [3.63, 3.8) is 0 Å². The van der Waals surface area contributed by atoms with Crippen molar-refractivity contribution in [2.75, 3.05) is 27.7 Å². The molecule has 2 N–H and O–H groups in total. The lowest BCUT2D eigenvalue weighted by atomic mass is 9.66. The lowest BCUT2D eigenvalue weighted by molar-refractivity contribution is -0.00492. The zero-order valence-electron chi connectivity index (χ0n) is 22.9. The molecule has 6 nitrogen and oxygen atoms in total. The second-order valence-electron chi connectivity index (χ2n) is 11.2.